The summed E-state index contributed by atoms with van der Waals surface area (Å²) in [5, 5.41) is 12.5. The van der Waals surface area contributed by atoms with Crippen molar-refractivity contribution in [3.63, 3.8) is 0 Å². The van der Waals surface area contributed by atoms with Crippen molar-refractivity contribution in [1.82, 2.24) is 30.0 Å². The molecule has 2 heterocycles. The fraction of sp³-hybridized carbons (Fsp3) is 0.529. The number of rotatable bonds is 5. The van der Waals surface area contributed by atoms with Gasteiger partial charge in [0.2, 0.25) is 11.7 Å². The zero-order valence-electron chi connectivity index (χ0n) is 14.3. The molecule has 7 nitrogen and oxygen atoms in total. The van der Waals surface area contributed by atoms with Crippen LogP contribution in [0.15, 0.2) is 30.3 Å². The van der Waals surface area contributed by atoms with E-state index in [0.29, 0.717) is 18.8 Å². The molecule has 1 fully saturated rings. The van der Waals surface area contributed by atoms with Gasteiger partial charge in [0.25, 0.3) is 0 Å². The topological polar surface area (TPSA) is 67.2 Å². The van der Waals surface area contributed by atoms with E-state index in [-0.39, 0.29) is 11.9 Å². The van der Waals surface area contributed by atoms with Crippen LogP contribution >= 0.6 is 0 Å². The van der Waals surface area contributed by atoms with Gasteiger partial charge in [-0.1, -0.05) is 30.3 Å². The molecule has 0 bridgehead atoms. The highest BCUT2D eigenvalue weighted by molar-refractivity contribution is 5.76. The van der Waals surface area contributed by atoms with Gasteiger partial charge in [0.15, 0.2) is 0 Å². The van der Waals surface area contributed by atoms with Crippen LogP contribution in [0.2, 0.25) is 0 Å². The van der Waals surface area contributed by atoms with Gasteiger partial charge >= 0.3 is 0 Å². The second kappa shape index (κ2) is 7.53. The molecule has 3 rings (SSSR count). The lowest BCUT2D eigenvalue weighted by molar-refractivity contribution is -0.135. The third-order valence-corrected chi connectivity index (χ3v) is 4.38. The predicted octanol–water partition coefficient (Wildman–Crippen LogP) is 1.28. The Bertz CT molecular complexity index is 671. The maximum absolute atomic E-state index is 12.4. The number of benzene rings is 1. The van der Waals surface area contributed by atoms with Crippen LogP contribution in [0.3, 0.4) is 0 Å². The lowest BCUT2D eigenvalue weighted by atomic mass is 10.1. The average Bonchev–Trinajstić information content (AvgIpc) is 3.04. The number of carbonyl (C=O) groups excluding carboxylic acids is 1. The number of hydrogen-bond acceptors (Lipinski definition) is 5. The highest BCUT2D eigenvalue weighted by Gasteiger charge is 2.25. The molecule has 24 heavy (non-hydrogen) atoms. The minimum absolute atomic E-state index is 0.221. The molecule has 7 heteroatoms. The SMILES string of the molecule is C[C@@H]1CN(C)CCN1C(=O)CCCn1nnc(-c2ccccc2)n1. The molecule has 1 aliphatic heterocycles. The van der Waals surface area contributed by atoms with Gasteiger partial charge in [0, 0.05) is 37.7 Å². The van der Waals surface area contributed by atoms with E-state index >= 15 is 0 Å². The van der Waals surface area contributed by atoms with Crippen LogP contribution < -0.4 is 0 Å². The quantitative estimate of drug-likeness (QED) is 0.827. The predicted molar refractivity (Wildman–Crippen MR) is 91.2 cm³/mol. The molecule has 0 aliphatic carbocycles. The summed E-state index contributed by atoms with van der Waals surface area (Å²) in [5.74, 6) is 0.841. The number of aryl methyl sites for hydroxylation is 1. The van der Waals surface area contributed by atoms with Crippen LogP contribution in [0, 0.1) is 0 Å². The van der Waals surface area contributed by atoms with E-state index in [2.05, 4.69) is 34.3 Å². The van der Waals surface area contributed by atoms with E-state index in [1.807, 2.05) is 35.2 Å². The summed E-state index contributed by atoms with van der Waals surface area (Å²) in [5.41, 5.74) is 0.950. The Balaban J connectivity index is 1.48. The summed E-state index contributed by atoms with van der Waals surface area (Å²) in [4.78, 5) is 18.2. The van der Waals surface area contributed by atoms with Gasteiger partial charge in [0.05, 0.1) is 6.54 Å². The van der Waals surface area contributed by atoms with Crippen molar-refractivity contribution in [2.75, 3.05) is 26.7 Å². The molecule has 1 aromatic heterocycles. The highest BCUT2D eigenvalue weighted by atomic mass is 16.2. The summed E-state index contributed by atoms with van der Waals surface area (Å²) in [6, 6.07) is 10.1. The lowest BCUT2D eigenvalue weighted by Gasteiger charge is -2.38. The lowest BCUT2D eigenvalue weighted by Crippen LogP contribution is -2.52. The first-order valence-electron chi connectivity index (χ1n) is 8.45. The number of nitrogens with zero attached hydrogens (tertiary/aromatic N) is 6. The Morgan fingerprint density at radius 3 is 2.79 bits per heavy atom. The fourth-order valence-corrected chi connectivity index (χ4v) is 3.07. The van der Waals surface area contributed by atoms with Crippen molar-refractivity contribution in [3.05, 3.63) is 30.3 Å². The van der Waals surface area contributed by atoms with Gasteiger partial charge in [-0.05, 0) is 25.6 Å². The minimum atomic E-state index is 0.221. The molecule has 0 N–H and O–H groups in total. The largest absolute Gasteiger partial charge is 0.337 e. The zero-order chi connectivity index (χ0) is 16.9. The Morgan fingerprint density at radius 2 is 2.04 bits per heavy atom. The molecular formula is C17H24N6O. The first kappa shape index (κ1) is 16.6. The third kappa shape index (κ3) is 3.97. The molecule has 0 unspecified atom stereocenters. The number of hydrogen-bond donors (Lipinski definition) is 0. The Labute approximate surface area is 142 Å². The van der Waals surface area contributed by atoms with Gasteiger partial charge in [-0.2, -0.15) is 4.80 Å². The van der Waals surface area contributed by atoms with Gasteiger partial charge in [0.1, 0.15) is 0 Å². The van der Waals surface area contributed by atoms with Gasteiger partial charge < -0.3 is 9.80 Å². The van der Waals surface area contributed by atoms with Crippen molar-refractivity contribution in [2.45, 2.75) is 32.4 Å². The normalized spacial score (nSPS) is 18.8. The standard InChI is InChI=1S/C17H24N6O/c1-14-13-21(2)11-12-22(14)16(24)9-6-10-23-19-17(18-20-23)15-7-4-3-5-8-15/h3-5,7-8,14H,6,9-13H2,1-2H3/t14-/m1/s1. The Morgan fingerprint density at radius 1 is 1.25 bits per heavy atom. The zero-order valence-corrected chi connectivity index (χ0v) is 14.3. The van der Waals surface area contributed by atoms with Gasteiger partial charge in [-0.15, -0.1) is 10.2 Å². The summed E-state index contributed by atoms with van der Waals surface area (Å²) >= 11 is 0. The van der Waals surface area contributed by atoms with Crippen molar-refractivity contribution in [1.29, 1.82) is 0 Å². The first-order chi connectivity index (χ1) is 11.6. The number of tetrazole rings is 1. The molecule has 0 spiro atoms. The van der Waals surface area contributed by atoms with E-state index in [1.54, 1.807) is 4.80 Å². The van der Waals surface area contributed by atoms with Crippen LogP contribution in [0.4, 0.5) is 0 Å². The molecule has 1 amide bonds. The molecule has 2 aromatic rings. The van der Waals surface area contributed by atoms with Crippen LogP contribution in [0.5, 0.6) is 0 Å². The molecule has 1 saturated heterocycles. The van der Waals surface area contributed by atoms with Crippen molar-refractivity contribution in [3.8, 4) is 11.4 Å². The Hall–Kier alpha value is -2.28. The number of carbonyl (C=O) groups is 1. The molecule has 1 atom stereocenters. The molecule has 1 aliphatic rings. The molecule has 0 radical (unpaired) electrons. The number of likely N-dealkylation sites (N-methyl/N-ethyl adjacent to an activating group) is 1. The highest BCUT2D eigenvalue weighted by Crippen LogP contribution is 2.13. The molecular weight excluding hydrogens is 304 g/mol. The van der Waals surface area contributed by atoms with Gasteiger partial charge in [-0.25, -0.2) is 0 Å². The van der Waals surface area contributed by atoms with Crippen LogP contribution in [-0.2, 0) is 11.3 Å². The number of aromatic nitrogens is 4. The van der Waals surface area contributed by atoms with E-state index in [1.165, 1.54) is 0 Å². The minimum Gasteiger partial charge on any atom is -0.337 e. The van der Waals surface area contributed by atoms with Gasteiger partial charge in [-0.3, -0.25) is 4.79 Å². The van der Waals surface area contributed by atoms with E-state index in [4.69, 9.17) is 0 Å². The molecule has 0 saturated carbocycles. The summed E-state index contributed by atoms with van der Waals surface area (Å²) in [7, 11) is 2.10. The van der Waals surface area contributed by atoms with Crippen molar-refractivity contribution < 1.29 is 4.79 Å². The van der Waals surface area contributed by atoms with Crippen LogP contribution in [0.25, 0.3) is 11.4 Å². The molecule has 128 valence electrons. The second-order valence-electron chi connectivity index (χ2n) is 6.38. The summed E-state index contributed by atoms with van der Waals surface area (Å²) in [6.07, 6.45) is 1.25. The van der Waals surface area contributed by atoms with E-state index < -0.39 is 0 Å². The molecule has 1 aromatic carbocycles. The number of amides is 1. The fourth-order valence-electron chi connectivity index (χ4n) is 3.07. The maximum Gasteiger partial charge on any atom is 0.222 e. The second-order valence-corrected chi connectivity index (χ2v) is 6.38. The third-order valence-electron chi connectivity index (χ3n) is 4.38. The number of piperazine rings is 1. The van der Waals surface area contributed by atoms with E-state index in [0.717, 1.165) is 31.6 Å². The maximum atomic E-state index is 12.4. The Kier molecular flexibility index (Phi) is 5.20. The van der Waals surface area contributed by atoms with Crippen LogP contribution in [0.1, 0.15) is 19.8 Å². The summed E-state index contributed by atoms with van der Waals surface area (Å²) in [6.45, 7) is 5.42. The van der Waals surface area contributed by atoms with Crippen molar-refractivity contribution in [2.24, 2.45) is 0 Å². The first-order valence-corrected chi connectivity index (χ1v) is 8.45. The monoisotopic (exact) mass is 328 g/mol. The van der Waals surface area contributed by atoms with Crippen LogP contribution in [-0.4, -0.2) is 68.6 Å². The smallest absolute Gasteiger partial charge is 0.222 e. The van der Waals surface area contributed by atoms with E-state index in [9.17, 15) is 4.79 Å². The van der Waals surface area contributed by atoms with Crippen molar-refractivity contribution >= 4 is 5.91 Å². The summed E-state index contributed by atoms with van der Waals surface area (Å²) < 4.78 is 0. The average molecular weight is 328 g/mol.